The maximum atomic E-state index is 13.7. The molecule has 1 unspecified atom stereocenters. The second-order valence-corrected chi connectivity index (χ2v) is 5.10. The van der Waals surface area contributed by atoms with Gasteiger partial charge in [0, 0.05) is 17.5 Å². The van der Waals surface area contributed by atoms with Gasteiger partial charge in [-0.15, -0.1) is 0 Å². The van der Waals surface area contributed by atoms with Crippen LogP contribution in [0.1, 0.15) is 24.6 Å². The monoisotopic (exact) mass is 272 g/mol. The number of aromatic nitrogens is 2. The number of imidazole rings is 1. The van der Waals surface area contributed by atoms with E-state index in [1.54, 1.807) is 18.5 Å². The van der Waals surface area contributed by atoms with Gasteiger partial charge in [0.25, 0.3) is 0 Å². The molecular formula is C15H13FN2O2. The van der Waals surface area contributed by atoms with Gasteiger partial charge in [-0.3, -0.25) is 0 Å². The van der Waals surface area contributed by atoms with Crippen molar-refractivity contribution in [3.05, 3.63) is 42.3 Å². The maximum absolute atomic E-state index is 13.7. The van der Waals surface area contributed by atoms with E-state index in [4.69, 9.17) is 4.42 Å². The zero-order valence-electron chi connectivity index (χ0n) is 10.7. The van der Waals surface area contributed by atoms with Gasteiger partial charge in [0.2, 0.25) is 0 Å². The van der Waals surface area contributed by atoms with Gasteiger partial charge in [-0.2, -0.15) is 0 Å². The van der Waals surface area contributed by atoms with E-state index < -0.39 is 6.10 Å². The second-order valence-electron chi connectivity index (χ2n) is 5.10. The highest BCUT2D eigenvalue weighted by atomic mass is 19.1. The number of aliphatic hydroxyl groups is 1. The van der Waals surface area contributed by atoms with Crippen LogP contribution in [-0.4, -0.2) is 14.7 Å². The molecule has 0 radical (unpaired) electrons. The molecule has 0 amide bonds. The molecule has 1 aliphatic rings. The van der Waals surface area contributed by atoms with Crippen molar-refractivity contribution in [3.63, 3.8) is 0 Å². The van der Waals surface area contributed by atoms with E-state index in [0.717, 1.165) is 30.6 Å². The number of nitrogens with zero attached hydrogens (tertiary/aromatic N) is 2. The number of furan rings is 1. The Hall–Kier alpha value is -2.14. The van der Waals surface area contributed by atoms with Crippen molar-refractivity contribution in [3.8, 4) is 11.3 Å². The minimum Gasteiger partial charge on any atom is -0.461 e. The average molecular weight is 272 g/mol. The van der Waals surface area contributed by atoms with Crippen LogP contribution in [0.3, 0.4) is 0 Å². The summed E-state index contributed by atoms with van der Waals surface area (Å²) in [5.41, 5.74) is 2.44. The molecule has 4 rings (SSSR count). The number of hydrogen-bond acceptors (Lipinski definition) is 3. The Kier molecular flexibility index (Phi) is 2.44. The molecule has 0 aliphatic carbocycles. The van der Waals surface area contributed by atoms with Crippen LogP contribution in [0.5, 0.6) is 0 Å². The number of benzene rings is 1. The Balaban J connectivity index is 1.96. The highest BCUT2D eigenvalue weighted by molar-refractivity contribution is 5.93. The van der Waals surface area contributed by atoms with Gasteiger partial charge in [-0.1, -0.05) is 12.1 Å². The van der Waals surface area contributed by atoms with Crippen LogP contribution < -0.4 is 0 Å². The third-order valence-electron chi connectivity index (χ3n) is 3.88. The molecule has 102 valence electrons. The zero-order valence-corrected chi connectivity index (χ0v) is 10.7. The van der Waals surface area contributed by atoms with Gasteiger partial charge >= 0.3 is 0 Å². The summed E-state index contributed by atoms with van der Waals surface area (Å²) in [6, 6.07) is 4.82. The van der Waals surface area contributed by atoms with E-state index in [0.29, 0.717) is 11.1 Å². The molecule has 0 fully saturated rings. The maximum Gasteiger partial charge on any atom is 0.170 e. The molecule has 1 atom stereocenters. The predicted molar refractivity (Wildman–Crippen MR) is 71.6 cm³/mol. The first-order valence-corrected chi connectivity index (χ1v) is 6.65. The van der Waals surface area contributed by atoms with Crippen molar-refractivity contribution in [2.75, 3.05) is 0 Å². The first-order valence-electron chi connectivity index (χ1n) is 6.65. The van der Waals surface area contributed by atoms with E-state index in [9.17, 15) is 9.50 Å². The van der Waals surface area contributed by atoms with Gasteiger partial charge in [0.15, 0.2) is 11.4 Å². The molecule has 0 bridgehead atoms. The fourth-order valence-electron chi connectivity index (χ4n) is 2.92. The lowest BCUT2D eigenvalue weighted by Crippen LogP contribution is -2.14. The topological polar surface area (TPSA) is 51.2 Å². The van der Waals surface area contributed by atoms with Gasteiger partial charge in [-0.05, 0) is 18.9 Å². The van der Waals surface area contributed by atoms with Crippen molar-refractivity contribution in [2.45, 2.75) is 25.5 Å². The lowest BCUT2D eigenvalue weighted by Gasteiger charge is -2.20. The first-order chi connectivity index (χ1) is 9.75. The Labute approximate surface area is 114 Å². The molecule has 3 aromatic rings. The highest BCUT2D eigenvalue weighted by Gasteiger charge is 2.25. The number of aryl methyl sites for hydroxylation is 1. The lowest BCUT2D eigenvalue weighted by atomic mass is 10.0. The first kappa shape index (κ1) is 11.7. The SMILES string of the molecule is OC1CCCn2cnc(-c3coc4c(F)cccc34)c21. The summed E-state index contributed by atoms with van der Waals surface area (Å²) in [4.78, 5) is 4.39. The standard InChI is InChI=1S/C15H13FN2O2/c16-11-4-1-3-9-10(7-20-15(9)11)13-14-12(19)5-2-6-18(14)8-17-13/h1,3-4,7-8,12,19H,2,5-6H2. The van der Waals surface area contributed by atoms with Crippen LogP contribution in [0.2, 0.25) is 0 Å². The number of halogens is 1. The summed E-state index contributed by atoms with van der Waals surface area (Å²) in [5.74, 6) is -0.387. The fraction of sp³-hybridized carbons (Fsp3) is 0.267. The van der Waals surface area contributed by atoms with Crippen molar-refractivity contribution in [1.82, 2.24) is 9.55 Å². The van der Waals surface area contributed by atoms with E-state index in [1.165, 1.54) is 12.3 Å². The smallest absolute Gasteiger partial charge is 0.170 e. The molecule has 1 aliphatic heterocycles. The summed E-state index contributed by atoms with van der Waals surface area (Å²) in [6.45, 7) is 0.851. The van der Waals surface area contributed by atoms with E-state index in [2.05, 4.69) is 4.98 Å². The van der Waals surface area contributed by atoms with Crippen LogP contribution >= 0.6 is 0 Å². The minimum atomic E-state index is -0.528. The molecule has 2 aromatic heterocycles. The van der Waals surface area contributed by atoms with Crippen molar-refractivity contribution in [1.29, 1.82) is 0 Å². The summed E-state index contributed by atoms with van der Waals surface area (Å²) < 4.78 is 21.0. The Bertz CT molecular complexity index is 790. The van der Waals surface area contributed by atoms with E-state index >= 15 is 0 Å². The van der Waals surface area contributed by atoms with Crippen molar-refractivity contribution in [2.24, 2.45) is 0 Å². The van der Waals surface area contributed by atoms with Crippen LogP contribution in [0, 0.1) is 5.82 Å². The van der Waals surface area contributed by atoms with Gasteiger partial charge in [-0.25, -0.2) is 9.37 Å². The molecule has 1 aromatic carbocycles. The molecule has 0 saturated heterocycles. The molecule has 5 heteroatoms. The van der Waals surface area contributed by atoms with Gasteiger partial charge < -0.3 is 14.1 Å². The number of fused-ring (bicyclic) bond motifs is 2. The quantitative estimate of drug-likeness (QED) is 0.739. The Morgan fingerprint density at radius 2 is 2.30 bits per heavy atom. The molecule has 0 saturated carbocycles. The van der Waals surface area contributed by atoms with Crippen LogP contribution in [-0.2, 0) is 6.54 Å². The third-order valence-corrected chi connectivity index (χ3v) is 3.88. The predicted octanol–water partition coefficient (Wildman–Crippen LogP) is 3.26. The van der Waals surface area contributed by atoms with E-state index in [-0.39, 0.29) is 11.4 Å². The second kappa shape index (κ2) is 4.18. The minimum absolute atomic E-state index is 0.231. The zero-order chi connectivity index (χ0) is 13.7. The number of hydrogen-bond donors (Lipinski definition) is 1. The largest absolute Gasteiger partial charge is 0.461 e. The van der Waals surface area contributed by atoms with Gasteiger partial charge in [0.1, 0.15) is 6.26 Å². The van der Waals surface area contributed by atoms with Crippen molar-refractivity contribution < 1.29 is 13.9 Å². The summed E-state index contributed by atoms with van der Waals surface area (Å²) in [5, 5.41) is 10.9. The summed E-state index contributed by atoms with van der Waals surface area (Å²) in [6.07, 6.45) is 4.37. The van der Waals surface area contributed by atoms with E-state index in [1.807, 2.05) is 4.57 Å². The number of para-hydroxylation sites is 1. The van der Waals surface area contributed by atoms with Crippen molar-refractivity contribution >= 4 is 11.0 Å². The summed E-state index contributed by atoms with van der Waals surface area (Å²) in [7, 11) is 0. The number of aliphatic hydroxyl groups excluding tert-OH is 1. The highest BCUT2D eigenvalue weighted by Crippen LogP contribution is 2.37. The van der Waals surface area contributed by atoms with Crippen LogP contribution in [0.4, 0.5) is 4.39 Å². The fourth-order valence-corrected chi connectivity index (χ4v) is 2.92. The normalized spacial score (nSPS) is 18.4. The molecule has 3 heterocycles. The molecule has 20 heavy (non-hydrogen) atoms. The molecule has 0 spiro atoms. The van der Waals surface area contributed by atoms with Gasteiger partial charge in [0.05, 0.1) is 23.8 Å². The Morgan fingerprint density at radius 1 is 1.40 bits per heavy atom. The number of rotatable bonds is 1. The average Bonchev–Trinajstić information content (AvgIpc) is 3.03. The summed E-state index contributed by atoms with van der Waals surface area (Å²) >= 11 is 0. The third kappa shape index (κ3) is 1.53. The Morgan fingerprint density at radius 3 is 3.20 bits per heavy atom. The molecular weight excluding hydrogens is 259 g/mol. The molecule has 4 nitrogen and oxygen atoms in total. The van der Waals surface area contributed by atoms with Crippen LogP contribution in [0.25, 0.3) is 22.2 Å². The molecule has 1 N–H and O–H groups in total. The van der Waals surface area contributed by atoms with Crippen LogP contribution in [0.15, 0.2) is 35.2 Å². The lowest BCUT2D eigenvalue weighted by molar-refractivity contribution is 0.139.